The molecule has 0 radical (unpaired) electrons. The molecule has 5 nitrogen and oxygen atoms in total. The summed E-state index contributed by atoms with van der Waals surface area (Å²) in [4.78, 5) is 24.7. The normalized spacial score (nSPS) is 18.1. The van der Waals surface area contributed by atoms with Crippen molar-refractivity contribution in [3.8, 4) is 5.75 Å². The number of likely N-dealkylation sites (tertiary alicyclic amines) is 1. The quantitative estimate of drug-likeness (QED) is 0.819. The molecule has 1 atom stereocenters. The van der Waals surface area contributed by atoms with Crippen molar-refractivity contribution in [2.45, 2.75) is 38.6 Å². The number of hydrogen-bond acceptors (Lipinski definition) is 3. The Morgan fingerprint density at radius 3 is 2.70 bits per heavy atom. The predicted octanol–water partition coefficient (Wildman–Crippen LogP) is 2.95. The molecule has 1 fully saturated rings. The molecule has 2 rings (SSSR count). The number of amides is 1. The first-order valence-corrected chi connectivity index (χ1v) is 8.03. The van der Waals surface area contributed by atoms with Gasteiger partial charge in [-0.15, -0.1) is 0 Å². The van der Waals surface area contributed by atoms with E-state index in [4.69, 9.17) is 9.84 Å². The van der Waals surface area contributed by atoms with Crippen molar-refractivity contribution in [3.63, 3.8) is 0 Å². The minimum Gasteiger partial charge on any atom is -0.484 e. The number of nitrogens with zero attached hydrogens (tertiary/aromatic N) is 1. The van der Waals surface area contributed by atoms with Crippen molar-refractivity contribution in [2.24, 2.45) is 0 Å². The van der Waals surface area contributed by atoms with E-state index in [9.17, 15) is 9.59 Å². The Morgan fingerprint density at radius 2 is 2.04 bits per heavy atom. The zero-order valence-corrected chi connectivity index (χ0v) is 13.4. The van der Waals surface area contributed by atoms with Crippen molar-refractivity contribution in [1.29, 1.82) is 0 Å². The van der Waals surface area contributed by atoms with Gasteiger partial charge in [0, 0.05) is 18.7 Å². The number of rotatable bonds is 6. The maximum absolute atomic E-state index is 12.3. The smallest absolute Gasteiger partial charge is 0.328 e. The summed E-state index contributed by atoms with van der Waals surface area (Å²) in [5.41, 5.74) is 0.771. The van der Waals surface area contributed by atoms with Crippen LogP contribution in [0.25, 0.3) is 6.08 Å². The first-order valence-electron chi connectivity index (χ1n) is 8.03. The van der Waals surface area contributed by atoms with Gasteiger partial charge in [0.1, 0.15) is 5.75 Å². The number of carboxylic acids is 1. The van der Waals surface area contributed by atoms with Gasteiger partial charge in [0.05, 0.1) is 0 Å². The molecule has 1 saturated heterocycles. The number of carbonyl (C=O) groups excluding carboxylic acids is 1. The van der Waals surface area contributed by atoms with Crippen molar-refractivity contribution < 1.29 is 19.4 Å². The largest absolute Gasteiger partial charge is 0.484 e. The topological polar surface area (TPSA) is 66.8 Å². The van der Waals surface area contributed by atoms with E-state index in [1.165, 1.54) is 12.5 Å². The number of benzene rings is 1. The lowest BCUT2D eigenvalue weighted by atomic mass is 10.00. The first-order chi connectivity index (χ1) is 11.1. The molecule has 23 heavy (non-hydrogen) atoms. The van der Waals surface area contributed by atoms with Gasteiger partial charge in [0.25, 0.3) is 5.91 Å². The molecule has 1 amide bonds. The van der Waals surface area contributed by atoms with Crippen LogP contribution in [-0.4, -0.2) is 41.1 Å². The van der Waals surface area contributed by atoms with E-state index < -0.39 is 5.97 Å². The Labute approximate surface area is 136 Å². The van der Waals surface area contributed by atoms with Gasteiger partial charge < -0.3 is 14.7 Å². The van der Waals surface area contributed by atoms with Gasteiger partial charge in [-0.05, 0) is 49.5 Å². The van der Waals surface area contributed by atoms with Gasteiger partial charge in [0.15, 0.2) is 6.61 Å². The molecule has 1 aromatic carbocycles. The van der Waals surface area contributed by atoms with E-state index in [2.05, 4.69) is 6.92 Å². The van der Waals surface area contributed by atoms with E-state index in [1.807, 2.05) is 4.90 Å². The Bertz CT molecular complexity index is 565. The first kappa shape index (κ1) is 17.1. The van der Waals surface area contributed by atoms with Crippen molar-refractivity contribution >= 4 is 18.0 Å². The van der Waals surface area contributed by atoms with Crippen LogP contribution in [-0.2, 0) is 9.59 Å². The average Bonchev–Trinajstić information content (AvgIpc) is 2.58. The third-order valence-electron chi connectivity index (χ3n) is 4.08. The van der Waals surface area contributed by atoms with Crippen LogP contribution in [0.3, 0.4) is 0 Å². The number of piperidine rings is 1. The van der Waals surface area contributed by atoms with Crippen molar-refractivity contribution in [3.05, 3.63) is 35.9 Å². The molecule has 5 heteroatoms. The summed E-state index contributed by atoms with van der Waals surface area (Å²) < 4.78 is 5.56. The minimum absolute atomic E-state index is 0.0337. The zero-order chi connectivity index (χ0) is 16.7. The summed E-state index contributed by atoms with van der Waals surface area (Å²) in [6.07, 6.45) is 6.90. The maximum Gasteiger partial charge on any atom is 0.328 e. The van der Waals surface area contributed by atoms with Crippen LogP contribution in [0.4, 0.5) is 0 Å². The standard InChI is InChI=1S/C18H23NO4/c1-2-15-5-3-4-12-19(15)17(20)13-23-16-9-6-14(7-10-16)8-11-18(21)22/h6-11,15H,2-5,12-13H2,1H3,(H,21,22)/b11-8+/t15-/m1/s1. The summed E-state index contributed by atoms with van der Waals surface area (Å²) in [6, 6.07) is 7.33. The second kappa shape index (κ2) is 8.36. The lowest BCUT2D eigenvalue weighted by Crippen LogP contribution is -2.45. The minimum atomic E-state index is -0.983. The van der Waals surface area contributed by atoms with Crippen LogP contribution in [0.5, 0.6) is 5.75 Å². The lowest BCUT2D eigenvalue weighted by molar-refractivity contribution is -0.137. The van der Waals surface area contributed by atoms with Crippen molar-refractivity contribution in [1.82, 2.24) is 4.90 Å². The van der Waals surface area contributed by atoms with Crippen LogP contribution in [0, 0.1) is 0 Å². The highest BCUT2D eigenvalue weighted by atomic mass is 16.5. The van der Waals surface area contributed by atoms with Gasteiger partial charge in [-0.1, -0.05) is 19.1 Å². The van der Waals surface area contributed by atoms with E-state index in [0.717, 1.165) is 37.4 Å². The predicted molar refractivity (Wildman–Crippen MR) is 88.2 cm³/mol. The fraction of sp³-hybridized carbons (Fsp3) is 0.444. The molecular formula is C18H23NO4. The van der Waals surface area contributed by atoms with Crippen LogP contribution in [0.1, 0.15) is 38.2 Å². The second-order valence-corrected chi connectivity index (χ2v) is 5.67. The summed E-state index contributed by atoms with van der Waals surface area (Å²) in [5, 5.41) is 8.59. The molecule has 1 aliphatic rings. The average molecular weight is 317 g/mol. The Hall–Kier alpha value is -2.30. The van der Waals surface area contributed by atoms with Gasteiger partial charge >= 0.3 is 5.97 Å². The summed E-state index contributed by atoms with van der Waals surface area (Å²) in [7, 11) is 0. The molecule has 0 spiro atoms. The summed E-state index contributed by atoms with van der Waals surface area (Å²) in [6.45, 7) is 2.97. The van der Waals surface area contributed by atoms with E-state index in [1.54, 1.807) is 24.3 Å². The molecule has 1 heterocycles. The summed E-state index contributed by atoms with van der Waals surface area (Å²) in [5.74, 6) is -0.342. The Kier molecular flexibility index (Phi) is 6.20. The summed E-state index contributed by atoms with van der Waals surface area (Å²) >= 11 is 0. The highest BCUT2D eigenvalue weighted by molar-refractivity contribution is 5.85. The molecule has 1 N–H and O–H groups in total. The number of carboxylic acid groups (broad SMARTS) is 1. The van der Waals surface area contributed by atoms with E-state index in [0.29, 0.717) is 11.8 Å². The number of hydrogen-bond donors (Lipinski definition) is 1. The Morgan fingerprint density at radius 1 is 1.30 bits per heavy atom. The van der Waals surface area contributed by atoms with E-state index in [-0.39, 0.29) is 12.5 Å². The SMILES string of the molecule is CC[C@@H]1CCCCN1C(=O)COc1ccc(/C=C/C(=O)O)cc1. The molecule has 0 unspecified atom stereocenters. The lowest BCUT2D eigenvalue weighted by Gasteiger charge is -2.35. The highest BCUT2D eigenvalue weighted by Crippen LogP contribution is 2.20. The molecule has 1 aromatic rings. The van der Waals surface area contributed by atoms with Crippen LogP contribution >= 0.6 is 0 Å². The van der Waals surface area contributed by atoms with E-state index >= 15 is 0 Å². The fourth-order valence-electron chi connectivity index (χ4n) is 2.82. The zero-order valence-electron chi connectivity index (χ0n) is 13.4. The molecule has 0 aromatic heterocycles. The number of aliphatic carboxylic acids is 1. The second-order valence-electron chi connectivity index (χ2n) is 5.67. The fourth-order valence-corrected chi connectivity index (χ4v) is 2.82. The molecule has 0 aliphatic carbocycles. The van der Waals surface area contributed by atoms with Crippen molar-refractivity contribution in [2.75, 3.05) is 13.2 Å². The number of carbonyl (C=O) groups is 2. The van der Waals surface area contributed by atoms with Crippen LogP contribution in [0.15, 0.2) is 30.3 Å². The van der Waals surface area contributed by atoms with Gasteiger partial charge in [-0.25, -0.2) is 4.79 Å². The van der Waals surface area contributed by atoms with Crippen LogP contribution in [0.2, 0.25) is 0 Å². The molecule has 0 saturated carbocycles. The molecular weight excluding hydrogens is 294 g/mol. The Balaban J connectivity index is 1.87. The number of ether oxygens (including phenoxy) is 1. The third kappa shape index (κ3) is 5.13. The molecule has 0 bridgehead atoms. The van der Waals surface area contributed by atoms with Gasteiger partial charge in [-0.2, -0.15) is 0 Å². The van der Waals surface area contributed by atoms with Gasteiger partial charge in [-0.3, -0.25) is 4.79 Å². The molecule has 1 aliphatic heterocycles. The van der Waals surface area contributed by atoms with Crippen LogP contribution < -0.4 is 4.74 Å². The third-order valence-corrected chi connectivity index (χ3v) is 4.08. The molecule has 124 valence electrons. The van der Waals surface area contributed by atoms with Gasteiger partial charge in [0.2, 0.25) is 0 Å². The highest BCUT2D eigenvalue weighted by Gasteiger charge is 2.25. The monoisotopic (exact) mass is 317 g/mol. The maximum atomic E-state index is 12.3.